The van der Waals surface area contributed by atoms with Crippen LogP contribution >= 0.6 is 23.1 Å². The van der Waals surface area contributed by atoms with E-state index in [0.29, 0.717) is 17.0 Å². The van der Waals surface area contributed by atoms with E-state index < -0.39 is 0 Å². The lowest BCUT2D eigenvalue weighted by molar-refractivity contribution is -0.114. The normalized spacial score (nSPS) is 13.0. The molecule has 0 atom stereocenters. The lowest BCUT2D eigenvalue weighted by Crippen LogP contribution is -2.07. The van der Waals surface area contributed by atoms with Crippen LogP contribution in [0.15, 0.2) is 29.3 Å². The van der Waals surface area contributed by atoms with Gasteiger partial charge in [-0.1, -0.05) is 11.8 Å². The quantitative estimate of drug-likeness (QED) is 0.392. The molecule has 0 saturated heterocycles. The van der Waals surface area contributed by atoms with E-state index in [2.05, 4.69) is 15.3 Å². The monoisotopic (exact) mass is 397 g/mol. The van der Waals surface area contributed by atoms with Crippen molar-refractivity contribution in [1.82, 2.24) is 9.97 Å². The average molecular weight is 398 g/mol. The molecule has 0 spiro atoms. The van der Waals surface area contributed by atoms with E-state index in [0.717, 1.165) is 33.9 Å². The minimum Gasteiger partial charge on any atom is -0.326 e. The van der Waals surface area contributed by atoms with Crippen LogP contribution in [0.1, 0.15) is 40.0 Å². The molecule has 1 N–H and O–H groups in total. The number of anilines is 1. The number of nitrogens with zero attached hydrogens (tertiary/aromatic N) is 2. The van der Waals surface area contributed by atoms with Gasteiger partial charge in [0.1, 0.15) is 15.7 Å². The third-order valence-corrected chi connectivity index (χ3v) is 6.67. The van der Waals surface area contributed by atoms with Gasteiger partial charge in [-0.15, -0.1) is 11.3 Å². The van der Waals surface area contributed by atoms with Crippen molar-refractivity contribution in [3.8, 4) is 0 Å². The largest absolute Gasteiger partial charge is 0.326 e. The van der Waals surface area contributed by atoms with Gasteiger partial charge < -0.3 is 5.32 Å². The van der Waals surface area contributed by atoms with Crippen LogP contribution in [-0.4, -0.2) is 27.4 Å². The highest BCUT2D eigenvalue weighted by Gasteiger charge is 2.22. The standard InChI is InChI=1S/C20H19N3O2S2/c1-11-21-19(18-15-4-3-5-17(15)27-20(18)22-11)26-10-16(25)13-6-8-14(9-7-13)23-12(2)24/h6-9H,3-5,10H2,1-2H3,(H,23,24). The molecule has 7 heteroatoms. The number of nitrogens with one attached hydrogen (secondary N) is 1. The van der Waals surface area contributed by atoms with Crippen molar-refractivity contribution in [3.05, 3.63) is 46.1 Å². The Kier molecular flexibility index (Phi) is 4.97. The van der Waals surface area contributed by atoms with Crippen LogP contribution in [0, 0.1) is 6.92 Å². The molecule has 1 aliphatic rings. The van der Waals surface area contributed by atoms with Crippen LogP contribution in [0.2, 0.25) is 0 Å². The van der Waals surface area contributed by atoms with Gasteiger partial charge in [-0.25, -0.2) is 9.97 Å². The predicted molar refractivity (Wildman–Crippen MR) is 110 cm³/mol. The average Bonchev–Trinajstić information content (AvgIpc) is 3.20. The zero-order valence-corrected chi connectivity index (χ0v) is 16.8. The molecule has 2 aromatic heterocycles. The Bertz CT molecular complexity index is 1040. The molecule has 4 rings (SSSR count). The molecular formula is C20H19N3O2S2. The zero-order valence-electron chi connectivity index (χ0n) is 15.2. The Labute approximate surface area is 165 Å². The summed E-state index contributed by atoms with van der Waals surface area (Å²) in [4.78, 5) is 35.4. The van der Waals surface area contributed by atoms with Crippen molar-refractivity contribution in [2.75, 3.05) is 11.1 Å². The highest BCUT2D eigenvalue weighted by Crippen LogP contribution is 2.40. The maximum atomic E-state index is 12.6. The van der Waals surface area contributed by atoms with Gasteiger partial charge in [-0.05, 0) is 56.0 Å². The number of ketones is 1. The topological polar surface area (TPSA) is 72.0 Å². The number of fused-ring (bicyclic) bond motifs is 3. The molecule has 0 bridgehead atoms. The first kappa shape index (κ1) is 18.1. The highest BCUT2D eigenvalue weighted by molar-refractivity contribution is 8.00. The van der Waals surface area contributed by atoms with E-state index in [1.807, 2.05) is 6.92 Å². The number of thiophene rings is 1. The molecule has 0 aliphatic heterocycles. The second-order valence-electron chi connectivity index (χ2n) is 6.58. The molecule has 138 valence electrons. The van der Waals surface area contributed by atoms with Crippen molar-refractivity contribution in [2.45, 2.75) is 38.1 Å². The molecule has 1 aromatic carbocycles. The molecule has 27 heavy (non-hydrogen) atoms. The van der Waals surface area contributed by atoms with Crippen molar-refractivity contribution >= 4 is 50.7 Å². The van der Waals surface area contributed by atoms with Crippen LogP contribution in [0.5, 0.6) is 0 Å². The lowest BCUT2D eigenvalue weighted by Gasteiger charge is -2.06. The van der Waals surface area contributed by atoms with Gasteiger partial charge in [-0.3, -0.25) is 9.59 Å². The number of rotatable bonds is 5. The molecule has 2 heterocycles. The van der Waals surface area contributed by atoms with E-state index in [1.54, 1.807) is 35.6 Å². The predicted octanol–water partition coefficient (Wildman–Crippen LogP) is 4.42. The Balaban J connectivity index is 1.53. The number of aromatic nitrogens is 2. The summed E-state index contributed by atoms with van der Waals surface area (Å²) in [6.07, 6.45) is 3.39. The number of hydrogen-bond donors (Lipinski definition) is 1. The van der Waals surface area contributed by atoms with Crippen molar-refractivity contribution < 1.29 is 9.59 Å². The fourth-order valence-electron chi connectivity index (χ4n) is 3.33. The zero-order chi connectivity index (χ0) is 19.0. The number of carbonyl (C=O) groups is 2. The minimum atomic E-state index is -0.129. The summed E-state index contributed by atoms with van der Waals surface area (Å²) in [5.74, 6) is 0.995. The number of amides is 1. The maximum absolute atomic E-state index is 12.6. The summed E-state index contributed by atoms with van der Waals surface area (Å²) in [6.45, 7) is 3.36. The Hall–Kier alpha value is -2.25. The number of Topliss-reactive ketones (excluding diaryl/α,β-unsaturated/α-hetero) is 1. The fourth-order valence-corrected chi connectivity index (χ4v) is 5.70. The molecular weight excluding hydrogens is 378 g/mol. The highest BCUT2D eigenvalue weighted by atomic mass is 32.2. The van der Waals surface area contributed by atoms with Crippen molar-refractivity contribution in [3.63, 3.8) is 0 Å². The lowest BCUT2D eigenvalue weighted by atomic mass is 10.1. The van der Waals surface area contributed by atoms with E-state index in [-0.39, 0.29) is 11.7 Å². The summed E-state index contributed by atoms with van der Waals surface area (Å²) >= 11 is 3.26. The molecule has 0 fully saturated rings. The summed E-state index contributed by atoms with van der Waals surface area (Å²) < 4.78 is 0. The van der Waals surface area contributed by atoms with E-state index >= 15 is 0 Å². The van der Waals surface area contributed by atoms with Gasteiger partial charge in [0.05, 0.1) is 5.75 Å². The summed E-state index contributed by atoms with van der Waals surface area (Å²) in [5, 5.41) is 4.77. The molecule has 1 amide bonds. The van der Waals surface area contributed by atoms with Crippen LogP contribution in [-0.2, 0) is 17.6 Å². The smallest absolute Gasteiger partial charge is 0.221 e. The molecule has 0 saturated carbocycles. The Morgan fingerprint density at radius 3 is 2.70 bits per heavy atom. The number of hydrogen-bond acceptors (Lipinski definition) is 6. The summed E-state index contributed by atoms with van der Waals surface area (Å²) in [6, 6.07) is 6.99. The molecule has 5 nitrogen and oxygen atoms in total. The van der Waals surface area contributed by atoms with Gasteiger partial charge in [0.2, 0.25) is 5.91 Å². The number of aryl methyl sites for hydroxylation is 3. The number of thioether (sulfide) groups is 1. The first-order chi connectivity index (χ1) is 13.0. The summed E-state index contributed by atoms with van der Waals surface area (Å²) in [5.41, 5.74) is 2.70. The minimum absolute atomic E-state index is 0.0469. The van der Waals surface area contributed by atoms with Gasteiger partial charge >= 0.3 is 0 Å². The number of benzene rings is 1. The molecule has 1 aliphatic carbocycles. The van der Waals surface area contributed by atoms with Crippen LogP contribution in [0.25, 0.3) is 10.2 Å². The second-order valence-corrected chi connectivity index (χ2v) is 8.63. The van der Waals surface area contributed by atoms with Crippen molar-refractivity contribution in [1.29, 1.82) is 0 Å². The first-order valence-corrected chi connectivity index (χ1v) is 10.6. The molecule has 0 unspecified atom stereocenters. The Morgan fingerprint density at radius 1 is 1.19 bits per heavy atom. The van der Waals surface area contributed by atoms with Crippen molar-refractivity contribution in [2.24, 2.45) is 0 Å². The first-order valence-electron chi connectivity index (χ1n) is 8.84. The van der Waals surface area contributed by atoms with Crippen LogP contribution in [0.3, 0.4) is 0 Å². The van der Waals surface area contributed by atoms with Gasteiger partial charge in [0.15, 0.2) is 5.78 Å². The Morgan fingerprint density at radius 2 is 1.96 bits per heavy atom. The maximum Gasteiger partial charge on any atom is 0.221 e. The SMILES string of the molecule is CC(=O)Nc1ccc(C(=O)CSc2nc(C)nc3sc4c(c23)CCC4)cc1. The number of carbonyl (C=O) groups excluding carboxylic acids is 2. The second kappa shape index (κ2) is 7.40. The molecule has 0 radical (unpaired) electrons. The third-order valence-electron chi connectivity index (χ3n) is 4.51. The van der Waals surface area contributed by atoms with Crippen LogP contribution < -0.4 is 5.32 Å². The molecule has 3 aromatic rings. The van der Waals surface area contributed by atoms with Gasteiger partial charge in [0, 0.05) is 28.4 Å². The van der Waals surface area contributed by atoms with Crippen LogP contribution in [0.4, 0.5) is 5.69 Å². The summed E-state index contributed by atoms with van der Waals surface area (Å²) in [7, 11) is 0. The van der Waals surface area contributed by atoms with E-state index in [1.165, 1.54) is 35.5 Å². The fraction of sp³-hybridized carbons (Fsp3) is 0.300. The van der Waals surface area contributed by atoms with Gasteiger partial charge in [-0.2, -0.15) is 0 Å². The third kappa shape index (κ3) is 3.75. The van der Waals surface area contributed by atoms with E-state index in [4.69, 9.17) is 0 Å². The van der Waals surface area contributed by atoms with E-state index in [9.17, 15) is 9.59 Å². The van der Waals surface area contributed by atoms with Gasteiger partial charge in [0.25, 0.3) is 0 Å².